The number of rotatable bonds is 6. The maximum absolute atomic E-state index is 12.2. The monoisotopic (exact) mass is 351 g/mol. The zero-order valence-electron chi connectivity index (χ0n) is 14.4. The SMILES string of the molecule is Cc1ccccc1CNC(=O)CSc1nccn1-c1ccccc1C. The van der Waals surface area contributed by atoms with E-state index in [0.717, 1.165) is 16.4 Å². The van der Waals surface area contributed by atoms with E-state index in [2.05, 4.69) is 42.3 Å². The van der Waals surface area contributed by atoms with Crippen LogP contribution in [0.3, 0.4) is 0 Å². The molecule has 0 aliphatic rings. The number of imidazole rings is 1. The highest BCUT2D eigenvalue weighted by Gasteiger charge is 2.10. The van der Waals surface area contributed by atoms with E-state index in [0.29, 0.717) is 12.3 Å². The molecule has 0 spiro atoms. The first kappa shape index (κ1) is 17.3. The highest BCUT2D eigenvalue weighted by atomic mass is 32.2. The van der Waals surface area contributed by atoms with Gasteiger partial charge in [-0.05, 0) is 36.6 Å². The molecule has 2 aromatic carbocycles. The number of aromatic nitrogens is 2. The highest BCUT2D eigenvalue weighted by Crippen LogP contribution is 2.22. The molecule has 0 fully saturated rings. The average molecular weight is 351 g/mol. The fourth-order valence-corrected chi connectivity index (χ4v) is 3.39. The van der Waals surface area contributed by atoms with Gasteiger partial charge in [0, 0.05) is 18.9 Å². The normalized spacial score (nSPS) is 10.6. The molecule has 3 rings (SSSR count). The van der Waals surface area contributed by atoms with Crippen molar-refractivity contribution in [3.8, 4) is 5.69 Å². The second-order valence-electron chi connectivity index (χ2n) is 5.86. The van der Waals surface area contributed by atoms with E-state index in [1.165, 1.54) is 22.9 Å². The molecule has 0 saturated carbocycles. The molecule has 128 valence electrons. The first-order valence-corrected chi connectivity index (χ1v) is 9.17. The molecule has 25 heavy (non-hydrogen) atoms. The van der Waals surface area contributed by atoms with E-state index in [1.807, 2.05) is 41.1 Å². The molecule has 1 heterocycles. The Kier molecular flexibility index (Phi) is 5.56. The van der Waals surface area contributed by atoms with E-state index < -0.39 is 0 Å². The molecule has 0 aliphatic heterocycles. The molecule has 1 N–H and O–H groups in total. The summed E-state index contributed by atoms with van der Waals surface area (Å²) in [6.07, 6.45) is 3.69. The van der Waals surface area contributed by atoms with Gasteiger partial charge >= 0.3 is 0 Å². The van der Waals surface area contributed by atoms with Gasteiger partial charge in [0.25, 0.3) is 0 Å². The Morgan fingerprint density at radius 3 is 2.56 bits per heavy atom. The molecule has 3 aromatic rings. The molecular weight excluding hydrogens is 330 g/mol. The fraction of sp³-hybridized carbons (Fsp3) is 0.200. The lowest BCUT2D eigenvalue weighted by Crippen LogP contribution is -2.25. The van der Waals surface area contributed by atoms with Crippen molar-refractivity contribution in [2.75, 3.05) is 5.75 Å². The van der Waals surface area contributed by atoms with Crippen LogP contribution >= 0.6 is 11.8 Å². The van der Waals surface area contributed by atoms with Gasteiger partial charge in [0.15, 0.2) is 5.16 Å². The quantitative estimate of drug-likeness (QED) is 0.685. The summed E-state index contributed by atoms with van der Waals surface area (Å²) in [5.74, 6) is 0.349. The lowest BCUT2D eigenvalue weighted by atomic mass is 10.1. The minimum Gasteiger partial charge on any atom is -0.351 e. The van der Waals surface area contributed by atoms with Gasteiger partial charge in [-0.15, -0.1) is 0 Å². The van der Waals surface area contributed by atoms with Crippen LogP contribution in [0.4, 0.5) is 0 Å². The van der Waals surface area contributed by atoms with Crippen LogP contribution in [-0.4, -0.2) is 21.2 Å². The van der Waals surface area contributed by atoms with Gasteiger partial charge in [0.2, 0.25) is 5.91 Å². The van der Waals surface area contributed by atoms with Crippen LogP contribution in [0.15, 0.2) is 66.1 Å². The zero-order valence-corrected chi connectivity index (χ0v) is 15.2. The number of amides is 1. The molecule has 0 atom stereocenters. The van der Waals surface area contributed by atoms with Crippen LogP contribution in [0.1, 0.15) is 16.7 Å². The number of hydrogen-bond donors (Lipinski definition) is 1. The van der Waals surface area contributed by atoms with Crippen LogP contribution in [0.5, 0.6) is 0 Å². The number of para-hydroxylation sites is 1. The number of nitrogens with zero attached hydrogens (tertiary/aromatic N) is 2. The lowest BCUT2D eigenvalue weighted by molar-refractivity contribution is -0.118. The summed E-state index contributed by atoms with van der Waals surface area (Å²) in [7, 11) is 0. The number of thioether (sulfide) groups is 1. The number of carbonyl (C=O) groups excluding carboxylic acids is 1. The Bertz CT molecular complexity index is 873. The fourth-order valence-electron chi connectivity index (χ4n) is 2.60. The van der Waals surface area contributed by atoms with Crippen LogP contribution in [0.2, 0.25) is 0 Å². The molecule has 0 aliphatic carbocycles. The maximum Gasteiger partial charge on any atom is 0.230 e. The first-order chi connectivity index (χ1) is 12.1. The molecular formula is C20H21N3OS. The minimum atomic E-state index is 0.00702. The van der Waals surface area contributed by atoms with Crippen molar-refractivity contribution in [3.05, 3.63) is 77.6 Å². The first-order valence-electron chi connectivity index (χ1n) is 8.18. The van der Waals surface area contributed by atoms with E-state index in [1.54, 1.807) is 6.20 Å². The van der Waals surface area contributed by atoms with Crippen LogP contribution in [-0.2, 0) is 11.3 Å². The Morgan fingerprint density at radius 1 is 1.08 bits per heavy atom. The summed E-state index contributed by atoms with van der Waals surface area (Å²) in [6, 6.07) is 16.2. The van der Waals surface area contributed by atoms with Gasteiger partial charge in [-0.25, -0.2) is 4.98 Å². The molecule has 0 saturated heterocycles. The number of carbonyl (C=O) groups is 1. The maximum atomic E-state index is 12.2. The van der Waals surface area contributed by atoms with Crippen molar-refractivity contribution in [3.63, 3.8) is 0 Å². The molecule has 0 bridgehead atoms. The highest BCUT2D eigenvalue weighted by molar-refractivity contribution is 7.99. The molecule has 1 amide bonds. The predicted molar refractivity (Wildman–Crippen MR) is 102 cm³/mol. The lowest BCUT2D eigenvalue weighted by Gasteiger charge is -2.10. The summed E-state index contributed by atoms with van der Waals surface area (Å²) in [6.45, 7) is 4.67. The standard InChI is InChI=1S/C20H21N3OS/c1-15-7-3-5-9-17(15)13-22-19(24)14-25-20-21-11-12-23(20)18-10-6-4-8-16(18)2/h3-12H,13-14H2,1-2H3,(H,22,24). The topological polar surface area (TPSA) is 46.9 Å². The van der Waals surface area contributed by atoms with E-state index >= 15 is 0 Å². The number of aryl methyl sites for hydroxylation is 2. The molecule has 4 nitrogen and oxygen atoms in total. The molecule has 1 aromatic heterocycles. The summed E-state index contributed by atoms with van der Waals surface area (Å²) < 4.78 is 2.02. The van der Waals surface area contributed by atoms with Gasteiger partial charge in [0.05, 0.1) is 11.4 Å². The summed E-state index contributed by atoms with van der Waals surface area (Å²) in [4.78, 5) is 16.6. The number of benzene rings is 2. The van der Waals surface area contributed by atoms with E-state index in [-0.39, 0.29) is 5.91 Å². The van der Waals surface area contributed by atoms with Gasteiger partial charge in [-0.3, -0.25) is 9.36 Å². The summed E-state index contributed by atoms with van der Waals surface area (Å²) >= 11 is 1.44. The molecule has 0 unspecified atom stereocenters. The van der Waals surface area contributed by atoms with Crippen molar-refractivity contribution in [2.45, 2.75) is 25.5 Å². The number of nitrogens with one attached hydrogen (secondary N) is 1. The third-order valence-electron chi connectivity index (χ3n) is 4.05. The second-order valence-corrected chi connectivity index (χ2v) is 6.80. The third-order valence-corrected chi connectivity index (χ3v) is 5.02. The Morgan fingerprint density at radius 2 is 1.80 bits per heavy atom. The predicted octanol–water partition coefficient (Wildman–Crippen LogP) is 3.90. The van der Waals surface area contributed by atoms with E-state index in [9.17, 15) is 4.79 Å². The van der Waals surface area contributed by atoms with Gasteiger partial charge in [-0.2, -0.15) is 0 Å². The largest absolute Gasteiger partial charge is 0.351 e. The van der Waals surface area contributed by atoms with Crippen molar-refractivity contribution in [2.24, 2.45) is 0 Å². The zero-order chi connectivity index (χ0) is 17.6. The smallest absolute Gasteiger partial charge is 0.230 e. The minimum absolute atomic E-state index is 0.00702. The van der Waals surface area contributed by atoms with E-state index in [4.69, 9.17) is 0 Å². The Labute approximate surface area is 152 Å². The Balaban J connectivity index is 1.59. The Hall–Kier alpha value is -2.53. The second kappa shape index (κ2) is 8.03. The van der Waals surface area contributed by atoms with Crippen LogP contribution < -0.4 is 5.32 Å². The average Bonchev–Trinajstić information content (AvgIpc) is 3.08. The molecule has 5 heteroatoms. The summed E-state index contributed by atoms with van der Waals surface area (Å²) in [5.41, 5.74) is 4.59. The number of hydrogen-bond acceptors (Lipinski definition) is 3. The summed E-state index contributed by atoms with van der Waals surface area (Å²) in [5, 5.41) is 3.80. The third kappa shape index (κ3) is 4.31. The van der Waals surface area contributed by atoms with Crippen molar-refractivity contribution < 1.29 is 4.79 Å². The van der Waals surface area contributed by atoms with Gasteiger partial charge in [-0.1, -0.05) is 54.2 Å². The van der Waals surface area contributed by atoms with Gasteiger partial charge in [0.1, 0.15) is 0 Å². The van der Waals surface area contributed by atoms with Crippen LogP contribution in [0.25, 0.3) is 5.69 Å². The van der Waals surface area contributed by atoms with Crippen LogP contribution in [0, 0.1) is 13.8 Å². The van der Waals surface area contributed by atoms with Crippen molar-refractivity contribution in [1.82, 2.24) is 14.9 Å². The van der Waals surface area contributed by atoms with Gasteiger partial charge < -0.3 is 5.32 Å². The van der Waals surface area contributed by atoms with Crippen molar-refractivity contribution >= 4 is 17.7 Å². The molecule has 0 radical (unpaired) electrons. The van der Waals surface area contributed by atoms with Crippen molar-refractivity contribution in [1.29, 1.82) is 0 Å².